The van der Waals surface area contributed by atoms with Gasteiger partial charge < -0.3 is 28.5 Å². The molecule has 350 valence electrons. The Bertz CT molecular complexity index is 938. The third-order valence-corrected chi connectivity index (χ3v) is 11.4. The molecular formula is C50H98NO8+. The zero-order valence-corrected chi connectivity index (χ0v) is 39.7. The molecule has 0 aliphatic carbocycles. The molecule has 0 bridgehead atoms. The first-order valence-electron chi connectivity index (χ1n) is 25.2. The van der Waals surface area contributed by atoms with Crippen molar-refractivity contribution in [3.63, 3.8) is 0 Å². The standard InChI is InChI=1S/C50H97NO8/c1-6-8-10-12-14-16-18-20-21-22-23-24-25-26-27-29-31-33-35-37-39-41-48(53)59-46(45-58-50(49(54)55)56-43-42-51(3,4)5)44-57-47(52)40-38-36-34-32-30-28-19-17-15-13-11-9-7-2/h46,50H,6-45H2,1-5H3/p+1. The van der Waals surface area contributed by atoms with E-state index in [9.17, 15) is 19.5 Å². The van der Waals surface area contributed by atoms with Crippen LogP contribution in [-0.4, -0.2) is 87.4 Å². The van der Waals surface area contributed by atoms with E-state index in [4.69, 9.17) is 18.9 Å². The summed E-state index contributed by atoms with van der Waals surface area (Å²) in [6, 6.07) is 0. The third kappa shape index (κ3) is 44.2. The molecule has 0 aromatic rings. The number of likely N-dealkylation sites (N-methyl/N-ethyl adjacent to an activating group) is 1. The topological polar surface area (TPSA) is 108 Å². The van der Waals surface area contributed by atoms with Gasteiger partial charge in [-0.3, -0.25) is 9.59 Å². The van der Waals surface area contributed by atoms with Crippen molar-refractivity contribution in [2.24, 2.45) is 0 Å². The lowest BCUT2D eigenvalue weighted by Gasteiger charge is -2.25. The lowest BCUT2D eigenvalue weighted by atomic mass is 10.0. The third-order valence-electron chi connectivity index (χ3n) is 11.4. The summed E-state index contributed by atoms with van der Waals surface area (Å²) in [7, 11) is 5.97. The molecular weight excluding hydrogens is 743 g/mol. The number of carbonyl (C=O) groups is 3. The minimum atomic E-state index is -1.50. The van der Waals surface area contributed by atoms with Gasteiger partial charge in [0.2, 0.25) is 0 Å². The van der Waals surface area contributed by atoms with Gasteiger partial charge in [-0.1, -0.05) is 219 Å². The van der Waals surface area contributed by atoms with Crippen molar-refractivity contribution in [1.82, 2.24) is 0 Å². The maximum atomic E-state index is 12.8. The normalized spacial score (nSPS) is 12.8. The largest absolute Gasteiger partial charge is 0.477 e. The number of hydrogen-bond acceptors (Lipinski definition) is 7. The number of quaternary nitrogens is 1. The van der Waals surface area contributed by atoms with E-state index < -0.39 is 18.4 Å². The maximum Gasteiger partial charge on any atom is 0.361 e. The van der Waals surface area contributed by atoms with Gasteiger partial charge in [-0.15, -0.1) is 0 Å². The van der Waals surface area contributed by atoms with E-state index in [0.717, 1.165) is 38.5 Å². The number of nitrogens with zero attached hydrogens (tertiary/aromatic N) is 1. The molecule has 1 N–H and O–H groups in total. The van der Waals surface area contributed by atoms with Crippen LogP contribution in [0.4, 0.5) is 0 Å². The van der Waals surface area contributed by atoms with Crippen LogP contribution in [0.5, 0.6) is 0 Å². The van der Waals surface area contributed by atoms with E-state index >= 15 is 0 Å². The van der Waals surface area contributed by atoms with Gasteiger partial charge in [0.25, 0.3) is 6.29 Å². The fourth-order valence-corrected chi connectivity index (χ4v) is 7.43. The molecule has 2 atom stereocenters. The van der Waals surface area contributed by atoms with Crippen LogP contribution in [0, 0.1) is 0 Å². The molecule has 0 amide bonds. The summed E-state index contributed by atoms with van der Waals surface area (Å²) in [6.07, 6.45) is 41.6. The van der Waals surface area contributed by atoms with Crippen molar-refractivity contribution in [2.45, 2.75) is 257 Å². The first-order valence-corrected chi connectivity index (χ1v) is 25.2. The van der Waals surface area contributed by atoms with Crippen LogP contribution in [0.15, 0.2) is 0 Å². The molecule has 59 heavy (non-hydrogen) atoms. The fourth-order valence-electron chi connectivity index (χ4n) is 7.43. The number of carboxylic acids is 1. The average Bonchev–Trinajstić information content (AvgIpc) is 3.19. The fraction of sp³-hybridized carbons (Fsp3) is 0.940. The van der Waals surface area contributed by atoms with Crippen molar-refractivity contribution in [1.29, 1.82) is 0 Å². The highest BCUT2D eigenvalue weighted by Crippen LogP contribution is 2.17. The molecule has 0 radical (unpaired) electrons. The average molecular weight is 841 g/mol. The first kappa shape index (κ1) is 57.3. The molecule has 0 aromatic carbocycles. The van der Waals surface area contributed by atoms with Gasteiger partial charge >= 0.3 is 17.9 Å². The quantitative estimate of drug-likeness (QED) is 0.0279. The van der Waals surface area contributed by atoms with Crippen molar-refractivity contribution in [3.8, 4) is 0 Å². The molecule has 0 aliphatic rings. The number of carbonyl (C=O) groups excluding carboxylic acids is 2. The second-order valence-corrected chi connectivity index (χ2v) is 18.5. The Balaban J connectivity index is 4.27. The summed E-state index contributed by atoms with van der Waals surface area (Å²) < 4.78 is 22.8. The van der Waals surface area contributed by atoms with Gasteiger partial charge in [0.05, 0.1) is 34.4 Å². The summed E-state index contributed by atoms with van der Waals surface area (Å²) in [5.74, 6) is -1.98. The van der Waals surface area contributed by atoms with Crippen molar-refractivity contribution in [3.05, 3.63) is 0 Å². The van der Waals surface area contributed by atoms with E-state index in [1.54, 1.807) is 0 Å². The minimum absolute atomic E-state index is 0.173. The summed E-state index contributed by atoms with van der Waals surface area (Å²) in [6.45, 7) is 4.92. The van der Waals surface area contributed by atoms with E-state index in [2.05, 4.69) is 13.8 Å². The second-order valence-electron chi connectivity index (χ2n) is 18.5. The highest BCUT2D eigenvalue weighted by Gasteiger charge is 2.25. The van der Waals surface area contributed by atoms with E-state index in [-0.39, 0.29) is 38.2 Å². The van der Waals surface area contributed by atoms with Crippen LogP contribution < -0.4 is 0 Å². The molecule has 0 spiro atoms. The molecule has 0 fully saturated rings. The van der Waals surface area contributed by atoms with Crippen LogP contribution in [0.1, 0.15) is 245 Å². The molecule has 0 rings (SSSR count). The Kier molecular flexibility index (Phi) is 41.7. The van der Waals surface area contributed by atoms with Crippen LogP contribution in [0.25, 0.3) is 0 Å². The lowest BCUT2D eigenvalue weighted by molar-refractivity contribution is -0.870. The van der Waals surface area contributed by atoms with Crippen molar-refractivity contribution >= 4 is 17.9 Å². The Morgan fingerprint density at radius 1 is 0.441 bits per heavy atom. The zero-order valence-electron chi connectivity index (χ0n) is 39.7. The van der Waals surface area contributed by atoms with E-state index in [1.807, 2.05) is 21.1 Å². The molecule has 0 aromatic heterocycles. The van der Waals surface area contributed by atoms with Crippen molar-refractivity contribution in [2.75, 3.05) is 47.5 Å². The van der Waals surface area contributed by atoms with Crippen LogP contribution in [0.3, 0.4) is 0 Å². The number of esters is 2. The van der Waals surface area contributed by atoms with Crippen molar-refractivity contribution < 1.29 is 42.9 Å². The van der Waals surface area contributed by atoms with Gasteiger partial charge in [0, 0.05) is 12.8 Å². The number of rotatable bonds is 47. The SMILES string of the molecule is CCCCCCCCCCCCCCCCCCCCCCCC(=O)OC(COC(=O)CCCCCCCCCCCCCCC)COC(OCC[N+](C)(C)C)C(=O)O. The zero-order chi connectivity index (χ0) is 43.5. The van der Waals surface area contributed by atoms with Gasteiger partial charge in [-0.2, -0.15) is 0 Å². The number of aliphatic carboxylic acids is 1. The lowest BCUT2D eigenvalue weighted by Crippen LogP contribution is -2.40. The Morgan fingerprint density at radius 3 is 1.08 bits per heavy atom. The molecule has 0 saturated heterocycles. The predicted molar refractivity (Wildman–Crippen MR) is 245 cm³/mol. The Hall–Kier alpha value is -1.71. The van der Waals surface area contributed by atoms with E-state index in [0.29, 0.717) is 17.4 Å². The van der Waals surface area contributed by atoms with Gasteiger partial charge in [0.1, 0.15) is 13.2 Å². The molecule has 9 nitrogen and oxygen atoms in total. The van der Waals surface area contributed by atoms with Gasteiger partial charge in [-0.25, -0.2) is 4.79 Å². The number of hydrogen-bond donors (Lipinski definition) is 1. The number of ether oxygens (including phenoxy) is 4. The summed E-state index contributed by atoms with van der Waals surface area (Å²) in [4.78, 5) is 37.2. The number of carboxylic acid groups (broad SMARTS) is 1. The van der Waals surface area contributed by atoms with Crippen LogP contribution in [-0.2, 0) is 33.3 Å². The Morgan fingerprint density at radius 2 is 0.763 bits per heavy atom. The van der Waals surface area contributed by atoms with Gasteiger partial charge in [0.15, 0.2) is 6.10 Å². The molecule has 0 saturated carbocycles. The summed E-state index contributed by atoms with van der Waals surface area (Å²) >= 11 is 0. The number of unbranched alkanes of at least 4 members (excludes halogenated alkanes) is 32. The summed E-state index contributed by atoms with van der Waals surface area (Å²) in [5.41, 5.74) is 0. The highest BCUT2D eigenvalue weighted by atomic mass is 16.7. The Labute approximate surface area is 364 Å². The van der Waals surface area contributed by atoms with Crippen LogP contribution >= 0.6 is 0 Å². The highest BCUT2D eigenvalue weighted by molar-refractivity contribution is 5.71. The second kappa shape index (κ2) is 43.0. The molecule has 0 aliphatic heterocycles. The summed E-state index contributed by atoms with van der Waals surface area (Å²) in [5, 5.41) is 9.65. The van der Waals surface area contributed by atoms with Crippen LogP contribution in [0.2, 0.25) is 0 Å². The predicted octanol–water partition coefficient (Wildman–Crippen LogP) is 13.7. The molecule has 9 heteroatoms. The molecule has 0 heterocycles. The smallest absolute Gasteiger partial charge is 0.361 e. The monoisotopic (exact) mass is 841 g/mol. The minimum Gasteiger partial charge on any atom is -0.477 e. The van der Waals surface area contributed by atoms with Gasteiger partial charge in [-0.05, 0) is 12.8 Å². The first-order chi connectivity index (χ1) is 28.6. The maximum absolute atomic E-state index is 12.8. The molecule has 2 unspecified atom stereocenters. The van der Waals surface area contributed by atoms with E-state index in [1.165, 1.54) is 180 Å².